The van der Waals surface area contributed by atoms with Crippen LogP contribution in [0.5, 0.6) is 0 Å². The van der Waals surface area contributed by atoms with E-state index in [1.807, 2.05) is 30.3 Å². The molecule has 1 aromatic carbocycles. The summed E-state index contributed by atoms with van der Waals surface area (Å²) in [4.78, 5) is 0. The van der Waals surface area contributed by atoms with Crippen LogP contribution >= 0.6 is 0 Å². The highest BCUT2D eigenvalue weighted by atomic mass is 32.2. The summed E-state index contributed by atoms with van der Waals surface area (Å²) in [6, 6.07) is 12.7. The van der Waals surface area contributed by atoms with Crippen LogP contribution in [-0.4, -0.2) is 32.5 Å². The lowest BCUT2D eigenvalue weighted by Gasteiger charge is -2.43. The van der Waals surface area contributed by atoms with E-state index in [2.05, 4.69) is 11.4 Å². The first-order valence-electron chi connectivity index (χ1n) is 7.44. The van der Waals surface area contributed by atoms with Gasteiger partial charge in [0.15, 0.2) is 9.84 Å². The predicted octanol–water partition coefficient (Wildman–Crippen LogP) is 1.63. The number of nitrogens with one attached hydrogen (secondary N) is 1. The molecule has 2 fully saturated rings. The molecule has 1 atom stereocenters. The van der Waals surface area contributed by atoms with Crippen molar-refractivity contribution in [2.75, 3.05) is 18.1 Å². The van der Waals surface area contributed by atoms with Gasteiger partial charge in [0, 0.05) is 6.04 Å². The van der Waals surface area contributed by atoms with Gasteiger partial charge in [0.2, 0.25) is 0 Å². The number of hydrogen-bond acceptors (Lipinski definition) is 4. The number of sulfone groups is 1. The quantitative estimate of drug-likeness (QED) is 0.918. The van der Waals surface area contributed by atoms with Gasteiger partial charge in [-0.05, 0) is 37.3 Å². The van der Waals surface area contributed by atoms with Gasteiger partial charge in [-0.3, -0.25) is 0 Å². The van der Waals surface area contributed by atoms with Crippen molar-refractivity contribution in [3.05, 3.63) is 35.9 Å². The first-order valence-corrected chi connectivity index (χ1v) is 9.26. The minimum Gasteiger partial charge on any atom is -0.314 e. The molecule has 21 heavy (non-hydrogen) atoms. The Morgan fingerprint density at radius 2 is 2.00 bits per heavy atom. The zero-order valence-electron chi connectivity index (χ0n) is 12.0. The highest BCUT2D eigenvalue weighted by Crippen LogP contribution is 2.43. The van der Waals surface area contributed by atoms with Gasteiger partial charge < -0.3 is 5.32 Å². The van der Waals surface area contributed by atoms with Crippen molar-refractivity contribution in [2.45, 2.75) is 30.7 Å². The highest BCUT2D eigenvalue weighted by Gasteiger charge is 2.46. The molecule has 0 spiro atoms. The largest absolute Gasteiger partial charge is 0.314 e. The number of rotatable bonds is 4. The summed E-state index contributed by atoms with van der Waals surface area (Å²) in [5, 5.41) is 12.9. The second-order valence-corrected chi connectivity index (χ2v) is 8.57. The number of hydrogen-bond donors (Lipinski definition) is 1. The van der Waals surface area contributed by atoms with Gasteiger partial charge in [0.25, 0.3) is 0 Å². The second-order valence-electron chi connectivity index (χ2n) is 6.34. The molecule has 1 aromatic rings. The van der Waals surface area contributed by atoms with Crippen LogP contribution in [0.3, 0.4) is 0 Å². The third-order valence-electron chi connectivity index (χ3n) is 4.75. The summed E-state index contributed by atoms with van der Waals surface area (Å²) in [5.74, 6) is 0.883. The van der Waals surface area contributed by atoms with E-state index in [0.29, 0.717) is 17.5 Å². The molecule has 2 aliphatic rings. The van der Waals surface area contributed by atoms with Crippen LogP contribution in [0.25, 0.3) is 0 Å². The molecule has 0 amide bonds. The molecular weight excluding hydrogens is 284 g/mol. The lowest BCUT2D eigenvalue weighted by atomic mass is 9.62. The second kappa shape index (κ2) is 5.43. The van der Waals surface area contributed by atoms with Crippen LogP contribution in [0.4, 0.5) is 0 Å². The monoisotopic (exact) mass is 304 g/mol. The molecule has 5 heteroatoms. The van der Waals surface area contributed by atoms with Crippen molar-refractivity contribution in [1.82, 2.24) is 5.32 Å². The van der Waals surface area contributed by atoms with E-state index in [-0.39, 0.29) is 11.3 Å². The lowest BCUT2D eigenvalue weighted by molar-refractivity contribution is 0.220. The van der Waals surface area contributed by atoms with Crippen LogP contribution in [0.1, 0.15) is 24.8 Å². The summed E-state index contributed by atoms with van der Waals surface area (Å²) in [6.45, 7) is 0.750. The maximum absolute atomic E-state index is 11.4. The Labute approximate surface area is 126 Å². The molecule has 0 aromatic heterocycles. The Morgan fingerprint density at radius 3 is 2.57 bits per heavy atom. The van der Waals surface area contributed by atoms with E-state index in [0.717, 1.165) is 31.4 Å². The highest BCUT2D eigenvalue weighted by molar-refractivity contribution is 7.91. The first kappa shape index (κ1) is 14.6. The Kier molecular flexibility index (Phi) is 3.76. The molecule has 1 N–H and O–H groups in total. The van der Waals surface area contributed by atoms with Crippen LogP contribution in [-0.2, 0) is 15.3 Å². The molecule has 1 saturated carbocycles. The van der Waals surface area contributed by atoms with E-state index < -0.39 is 9.84 Å². The molecule has 3 rings (SSSR count). The Bertz CT molecular complexity index is 643. The van der Waals surface area contributed by atoms with Crippen molar-refractivity contribution in [3.63, 3.8) is 0 Å². The molecule has 1 heterocycles. The minimum atomic E-state index is -2.79. The van der Waals surface area contributed by atoms with Crippen LogP contribution < -0.4 is 5.32 Å². The molecule has 1 aliphatic heterocycles. The molecule has 1 aliphatic carbocycles. The van der Waals surface area contributed by atoms with Gasteiger partial charge in [-0.1, -0.05) is 30.3 Å². The molecule has 1 unspecified atom stereocenters. The third-order valence-corrected chi connectivity index (χ3v) is 6.59. The summed E-state index contributed by atoms with van der Waals surface area (Å²) < 4.78 is 22.9. The Morgan fingerprint density at radius 1 is 1.29 bits per heavy atom. The maximum atomic E-state index is 11.4. The number of nitriles is 1. The lowest BCUT2D eigenvalue weighted by Crippen LogP contribution is -2.51. The molecule has 4 nitrogen and oxygen atoms in total. The van der Waals surface area contributed by atoms with E-state index in [1.54, 1.807) is 0 Å². The van der Waals surface area contributed by atoms with Gasteiger partial charge in [-0.15, -0.1) is 0 Å². The van der Waals surface area contributed by atoms with Crippen molar-refractivity contribution < 1.29 is 8.42 Å². The summed E-state index contributed by atoms with van der Waals surface area (Å²) >= 11 is 0. The standard InChI is InChI=1S/C16H20N2O2S/c17-12-16(14-4-2-1-3-5-14)8-15(9-16)18-10-13-6-7-21(19,20)11-13/h1-5,13,15,18H,6-11H2. The van der Waals surface area contributed by atoms with Crippen molar-refractivity contribution in [2.24, 2.45) is 5.92 Å². The van der Waals surface area contributed by atoms with Gasteiger partial charge >= 0.3 is 0 Å². The maximum Gasteiger partial charge on any atom is 0.150 e. The fraction of sp³-hybridized carbons (Fsp3) is 0.562. The third kappa shape index (κ3) is 2.97. The Balaban J connectivity index is 1.53. The molecule has 0 bridgehead atoms. The molecule has 1 saturated heterocycles. The topological polar surface area (TPSA) is 70.0 Å². The summed E-state index contributed by atoms with van der Waals surface area (Å²) in [6.07, 6.45) is 2.39. The number of nitrogens with zero attached hydrogens (tertiary/aromatic N) is 1. The van der Waals surface area contributed by atoms with Gasteiger partial charge in [-0.25, -0.2) is 8.42 Å². The Hall–Kier alpha value is -1.38. The molecular formula is C16H20N2O2S. The van der Waals surface area contributed by atoms with Gasteiger partial charge in [0.1, 0.15) is 0 Å². The summed E-state index contributed by atoms with van der Waals surface area (Å²) in [7, 11) is -2.79. The zero-order valence-corrected chi connectivity index (χ0v) is 12.8. The SMILES string of the molecule is N#CC1(c2ccccc2)CC(NCC2CCS(=O)(=O)C2)C1. The van der Waals surface area contributed by atoms with Crippen LogP contribution in [0.15, 0.2) is 30.3 Å². The number of benzene rings is 1. The van der Waals surface area contributed by atoms with E-state index >= 15 is 0 Å². The average Bonchev–Trinajstić information content (AvgIpc) is 2.78. The smallest absolute Gasteiger partial charge is 0.150 e. The summed E-state index contributed by atoms with van der Waals surface area (Å²) in [5.41, 5.74) is 0.731. The first-order chi connectivity index (χ1) is 10.0. The zero-order chi connectivity index (χ0) is 14.9. The normalized spacial score (nSPS) is 34.0. The fourth-order valence-corrected chi connectivity index (χ4v) is 5.30. The van der Waals surface area contributed by atoms with Crippen LogP contribution in [0.2, 0.25) is 0 Å². The van der Waals surface area contributed by atoms with Crippen molar-refractivity contribution in [3.8, 4) is 6.07 Å². The van der Waals surface area contributed by atoms with Crippen LogP contribution in [0, 0.1) is 17.2 Å². The van der Waals surface area contributed by atoms with Gasteiger partial charge in [0.05, 0.1) is 23.0 Å². The molecule has 112 valence electrons. The van der Waals surface area contributed by atoms with E-state index in [9.17, 15) is 13.7 Å². The fourth-order valence-electron chi connectivity index (χ4n) is 3.44. The molecule has 0 radical (unpaired) electrons. The van der Waals surface area contributed by atoms with E-state index in [1.165, 1.54) is 0 Å². The van der Waals surface area contributed by atoms with Crippen molar-refractivity contribution >= 4 is 9.84 Å². The van der Waals surface area contributed by atoms with E-state index in [4.69, 9.17) is 0 Å². The minimum absolute atomic E-state index is 0.240. The van der Waals surface area contributed by atoms with Gasteiger partial charge in [-0.2, -0.15) is 5.26 Å². The average molecular weight is 304 g/mol. The predicted molar refractivity (Wildman–Crippen MR) is 81.5 cm³/mol. The van der Waals surface area contributed by atoms with Crippen molar-refractivity contribution in [1.29, 1.82) is 5.26 Å².